The van der Waals surface area contributed by atoms with E-state index in [1.165, 1.54) is 0 Å². The van der Waals surface area contributed by atoms with E-state index in [4.69, 9.17) is 10.2 Å². The predicted molar refractivity (Wildman–Crippen MR) is 50.4 cm³/mol. The highest BCUT2D eigenvalue weighted by Gasteiger charge is 2.32. The summed E-state index contributed by atoms with van der Waals surface area (Å²) in [5.74, 6) is -0.293. The fourth-order valence-corrected chi connectivity index (χ4v) is 1.19. The van der Waals surface area contributed by atoms with Gasteiger partial charge in [-0.3, -0.25) is 0 Å². The fraction of sp³-hybridized carbons (Fsp3) is 0.571. The van der Waals surface area contributed by atoms with Gasteiger partial charge in [-0.1, -0.05) is 0 Å². The molecule has 0 fully saturated rings. The highest BCUT2D eigenvalue weighted by Crippen LogP contribution is 2.12. The summed E-state index contributed by atoms with van der Waals surface area (Å²) < 4.78 is 4.64. The first kappa shape index (κ1) is 11.2. The van der Waals surface area contributed by atoms with Crippen LogP contribution >= 0.6 is 12.2 Å². The van der Waals surface area contributed by atoms with E-state index in [9.17, 15) is 10.2 Å². The summed E-state index contributed by atoms with van der Waals surface area (Å²) in [5, 5.41) is 38.8. The number of nitrogens with one attached hydrogen (secondary N) is 1. The van der Waals surface area contributed by atoms with Gasteiger partial charge in [0, 0.05) is 0 Å². The Bertz CT molecular complexity index is 256. The minimum Gasteiger partial charge on any atom is -0.507 e. The van der Waals surface area contributed by atoms with Gasteiger partial charge in [-0.25, -0.2) is 0 Å². The van der Waals surface area contributed by atoms with Crippen LogP contribution in [0.5, 0.6) is 0 Å². The molecule has 1 aliphatic heterocycles. The first-order valence-corrected chi connectivity index (χ1v) is 4.30. The van der Waals surface area contributed by atoms with Crippen LogP contribution in [0.15, 0.2) is 12.0 Å². The minimum atomic E-state index is -1.36. The van der Waals surface area contributed by atoms with Gasteiger partial charge in [-0.05, 0) is 12.2 Å². The molecule has 3 atom stereocenters. The molecular formula is C7H11NO5S. The molecule has 6 nitrogen and oxygen atoms in total. The normalized spacial score (nSPS) is 25.8. The number of hydrogen-bond donors (Lipinski definition) is 5. The number of ether oxygens (including phenoxy) is 1. The summed E-state index contributed by atoms with van der Waals surface area (Å²) in [4.78, 5) is 0. The Labute approximate surface area is 85.4 Å². The second-order valence-corrected chi connectivity index (χ2v) is 3.18. The largest absolute Gasteiger partial charge is 0.507 e. The maximum Gasteiger partial charge on any atom is 0.262 e. The lowest BCUT2D eigenvalue weighted by Crippen LogP contribution is -2.52. The van der Waals surface area contributed by atoms with E-state index in [1.807, 2.05) is 0 Å². The molecule has 1 aliphatic rings. The van der Waals surface area contributed by atoms with Gasteiger partial charge in [-0.15, -0.1) is 0 Å². The lowest BCUT2D eigenvalue weighted by Gasteiger charge is -2.29. The summed E-state index contributed by atoms with van der Waals surface area (Å²) in [6.45, 7) is -0.611. The van der Waals surface area contributed by atoms with E-state index in [2.05, 4.69) is 22.3 Å². The molecule has 14 heavy (non-hydrogen) atoms. The summed E-state index contributed by atoms with van der Waals surface area (Å²) in [6, 6.07) is -0.960. The van der Waals surface area contributed by atoms with Crippen LogP contribution in [0.2, 0.25) is 0 Å². The highest BCUT2D eigenvalue weighted by molar-refractivity contribution is 7.80. The van der Waals surface area contributed by atoms with E-state index in [0.717, 1.165) is 6.26 Å². The molecule has 0 aromatic heterocycles. The van der Waals surface area contributed by atoms with Gasteiger partial charge in [0.25, 0.3) is 5.17 Å². The minimum absolute atomic E-state index is 0.0167. The first-order chi connectivity index (χ1) is 6.56. The van der Waals surface area contributed by atoms with Crippen molar-refractivity contribution >= 4 is 17.4 Å². The smallest absolute Gasteiger partial charge is 0.262 e. The Morgan fingerprint density at radius 3 is 2.79 bits per heavy atom. The van der Waals surface area contributed by atoms with Crippen LogP contribution in [-0.4, -0.2) is 50.5 Å². The van der Waals surface area contributed by atoms with Crippen molar-refractivity contribution in [1.82, 2.24) is 5.32 Å². The number of aliphatic hydroxyl groups is 4. The van der Waals surface area contributed by atoms with Crippen molar-refractivity contribution in [2.24, 2.45) is 0 Å². The summed E-state index contributed by atoms with van der Waals surface area (Å²) >= 11 is 4.63. The molecule has 1 heterocycles. The maximum absolute atomic E-state index is 9.44. The zero-order chi connectivity index (χ0) is 10.7. The van der Waals surface area contributed by atoms with Crippen LogP contribution in [0, 0.1) is 0 Å². The molecule has 0 aromatic carbocycles. The SMILES string of the molecule is OC[C@@H](O)[C@@H](O)[C@@H]1NC(=S)OC=C1O. The maximum atomic E-state index is 9.44. The van der Waals surface area contributed by atoms with Crippen molar-refractivity contribution in [2.45, 2.75) is 18.2 Å². The third kappa shape index (κ3) is 2.32. The Morgan fingerprint density at radius 1 is 1.57 bits per heavy atom. The quantitative estimate of drug-likeness (QED) is 0.365. The topological polar surface area (TPSA) is 102 Å². The zero-order valence-electron chi connectivity index (χ0n) is 7.12. The van der Waals surface area contributed by atoms with Gasteiger partial charge in [0.05, 0.1) is 6.61 Å². The Kier molecular flexibility index (Phi) is 3.64. The molecule has 0 amide bonds. The third-order valence-corrected chi connectivity index (χ3v) is 2.02. The fourth-order valence-electron chi connectivity index (χ4n) is 1.01. The Balaban J connectivity index is 2.71. The van der Waals surface area contributed by atoms with Gasteiger partial charge in [-0.2, -0.15) is 0 Å². The molecule has 0 saturated heterocycles. The standard InChI is InChI=1S/C7H11NO5S/c9-1-3(10)6(12)5-4(11)2-13-7(14)8-5/h2-3,5-6,9-12H,1H2,(H,8,14)/t3-,5-,6-/m1/s1. The second kappa shape index (κ2) is 4.56. The third-order valence-electron chi connectivity index (χ3n) is 1.80. The molecule has 80 valence electrons. The lowest BCUT2D eigenvalue weighted by molar-refractivity contribution is -0.0312. The van der Waals surface area contributed by atoms with Crippen LogP contribution in [0.4, 0.5) is 0 Å². The van der Waals surface area contributed by atoms with Crippen molar-refractivity contribution in [1.29, 1.82) is 0 Å². The summed E-state index contributed by atoms with van der Waals surface area (Å²) in [7, 11) is 0. The Hall–Kier alpha value is -0.890. The van der Waals surface area contributed by atoms with Crippen LogP contribution in [-0.2, 0) is 4.74 Å². The van der Waals surface area contributed by atoms with Crippen molar-refractivity contribution in [3.63, 3.8) is 0 Å². The van der Waals surface area contributed by atoms with E-state index in [0.29, 0.717) is 0 Å². The Morgan fingerprint density at radius 2 is 2.21 bits per heavy atom. The van der Waals surface area contributed by atoms with Gasteiger partial charge in [0.1, 0.15) is 24.5 Å². The molecule has 0 spiro atoms. The van der Waals surface area contributed by atoms with Gasteiger partial charge >= 0.3 is 0 Å². The van der Waals surface area contributed by atoms with Gasteiger partial charge in [0.2, 0.25) is 0 Å². The molecule has 0 unspecified atom stereocenters. The molecule has 1 rings (SSSR count). The summed E-state index contributed by atoms with van der Waals surface area (Å²) in [5.41, 5.74) is 0. The molecule has 0 aliphatic carbocycles. The van der Waals surface area contributed by atoms with Crippen LogP contribution in [0.1, 0.15) is 0 Å². The number of aliphatic hydroxyl groups excluding tert-OH is 4. The number of rotatable bonds is 3. The van der Waals surface area contributed by atoms with Crippen molar-refractivity contribution < 1.29 is 25.2 Å². The molecule has 5 N–H and O–H groups in total. The van der Waals surface area contributed by atoms with E-state index in [-0.39, 0.29) is 10.9 Å². The summed E-state index contributed by atoms with van der Waals surface area (Å²) in [6.07, 6.45) is -1.75. The number of thiocarbonyl (C=S) groups is 1. The molecule has 0 aromatic rings. The monoisotopic (exact) mass is 221 g/mol. The number of hydrogen-bond acceptors (Lipinski definition) is 6. The van der Waals surface area contributed by atoms with Gasteiger partial charge in [0.15, 0.2) is 5.76 Å². The predicted octanol–water partition coefficient (Wildman–Crippen LogP) is -1.63. The first-order valence-electron chi connectivity index (χ1n) is 3.89. The van der Waals surface area contributed by atoms with Crippen molar-refractivity contribution in [3.8, 4) is 0 Å². The molecule has 0 radical (unpaired) electrons. The average Bonchev–Trinajstić information content (AvgIpc) is 2.19. The van der Waals surface area contributed by atoms with Crippen LogP contribution < -0.4 is 5.32 Å². The molecule has 0 bridgehead atoms. The molecular weight excluding hydrogens is 210 g/mol. The highest BCUT2D eigenvalue weighted by atomic mass is 32.1. The van der Waals surface area contributed by atoms with E-state index >= 15 is 0 Å². The van der Waals surface area contributed by atoms with E-state index in [1.54, 1.807) is 0 Å². The van der Waals surface area contributed by atoms with Crippen molar-refractivity contribution in [3.05, 3.63) is 12.0 Å². The van der Waals surface area contributed by atoms with Crippen LogP contribution in [0.3, 0.4) is 0 Å². The molecule has 7 heteroatoms. The van der Waals surface area contributed by atoms with Crippen molar-refractivity contribution in [2.75, 3.05) is 6.61 Å². The van der Waals surface area contributed by atoms with Crippen LogP contribution in [0.25, 0.3) is 0 Å². The average molecular weight is 221 g/mol. The lowest BCUT2D eigenvalue weighted by atomic mass is 10.0. The zero-order valence-corrected chi connectivity index (χ0v) is 7.94. The second-order valence-electron chi connectivity index (χ2n) is 2.81. The van der Waals surface area contributed by atoms with E-state index < -0.39 is 24.9 Å². The molecule has 0 saturated carbocycles. The van der Waals surface area contributed by atoms with Gasteiger partial charge < -0.3 is 30.5 Å².